The highest BCUT2D eigenvalue weighted by atomic mass is 14.7. The fourth-order valence-electron chi connectivity index (χ4n) is 3.09. The molecule has 0 heterocycles. The lowest BCUT2D eigenvalue weighted by Gasteiger charge is -2.09. The highest BCUT2D eigenvalue weighted by Gasteiger charge is 2.04. The Morgan fingerprint density at radius 1 is 0.870 bits per heavy atom. The third-order valence-corrected chi connectivity index (χ3v) is 4.56. The van der Waals surface area contributed by atoms with Crippen molar-refractivity contribution in [1.82, 2.24) is 0 Å². The molecule has 3 aromatic carbocycles. The van der Waals surface area contributed by atoms with E-state index in [-0.39, 0.29) is 0 Å². The maximum atomic E-state index is 4.80. The van der Waals surface area contributed by atoms with Crippen LogP contribution >= 0.6 is 0 Å². The largest absolute Gasteiger partial charge is 0.256 e. The number of aliphatic imine (C=N–C) groups is 1. The summed E-state index contributed by atoms with van der Waals surface area (Å²) < 4.78 is 0. The normalized spacial score (nSPS) is 11.5. The molecule has 0 radical (unpaired) electrons. The smallest absolute Gasteiger partial charge is 0.0661 e. The Kier molecular flexibility index (Phi) is 4.29. The first-order chi connectivity index (χ1) is 11.1. The van der Waals surface area contributed by atoms with Crippen molar-refractivity contribution in [2.24, 2.45) is 4.99 Å². The van der Waals surface area contributed by atoms with Crippen molar-refractivity contribution < 1.29 is 0 Å². The maximum absolute atomic E-state index is 4.80. The topological polar surface area (TPSA) is 12.4 Å². The van der Waals surface area contributed by atoms with Gasteiger partial charge in [0.25, 0.3) is 0 Å². The number of rotatable bonds is 3. The van der Waals surface area contributed by atoms with E-state index in [2.05, 4.69) is 76.2 Å². The Hall–Kier alpha value is -2.41. The van der Waals surface area contributed by atoms with Crippen LogP contribution in [0.1, 0.15) is 34.7 Å². The molecule has 0 saturated carbocycles. The van der Waals surface area contributed by atoms with Gasteiger partial charge in [0, 0.05) is 11.8 Å². The lowest BCUT2D eigenvalue weighted by atomic mass is 10.00. The number of hydrogen-bond donors (Lipinski definition) is 0. The second-order valence-corrected chi connectivity index (χ2v) is 6.19. The first-order valence-electron chi connectivity index (χ1n) is 8.22. The predicted octanol–water partition coefficient (Wildman–Crippen LogP) is 6.08. The van der Waals surface area contributed by atoms with Gasteiger partial charge in [-0.25, -0.2) is 0 Å². The average molecular weight is 301 g/mol. The van der Waals surface area contributed by atoms with Crippen molar-refractivity contribution >= 4 is 22.7 Å². The zero-order chi connectivity index (χ0) is 16.4. The Morgan fingerprint density at radius 2 is 1.65 bits per heavy atom. The van der Waals surface area contributed by atoms with Gasteiger partial charge in [-0.3, -0.25) is 4.99 Å². The van der Waals surface area contributed by atoms with Crippen LogP contribution < -0.4 is 0 Å². The van der Waals surface area contributed by atoms with E-state index in [0.29, 0.717) is 0 Å². The molecule has 0 fully saturated rings. The average Bonchev–Trinajstić information content (AvgIpc) is 2.56. The minimum absolute atomic E-state index is 1.06. The highest BCUT2D eigenvalue weighted by molar-refractivity contribution is 6.01. The molecule has 0 aromatic heterocycles. The highest BCUT2D eigenvalue weighted by Crippen LogP contribution is 2.25. The molecule has 1 nitrogen and oxygen atoms in total. The molecule has 0 N–H and O–H groups in total. The van der Waals surface area contributed by atoms with E-state index in [1.54, 1.807) is 0 Å². The molecule has 0 unspecified atom stereocenters. The van der Waals surface area contributed by atoms with E-state index < -0.39 is 0 Å². The monoisotopic (exact) mass is 301 g/mol. The lowest BCUT2D eigenvalue weighted by molar-refractivity contribution is 1.10. The van der Waals surface area contributed by atoms with Gasteiger partial charge in [0.2, 0.25) is 0 Å². The van der Waals surface area contributed by atoms with Gasteiger partial charge in [-0.05, 0) is 66.3 Å². The van der Waals surface area contributed by atoms with Crippen LogP contribution in [0.2, 0.25) is 0 Å². The summed E-state index contributed by atoms with van der Waals surface area (Å²) in [7, 11) is 0. The van der Waals surface area contributed by atoms with Crippen LogP contribution in [0.15, 0.2) is 53.5 Å². The number of aryl methyl sites for hydroxylation is 4. The van der Waals surface area contributed by atoms with Crippen LogP contribution in [-0.4, -0.2) is 6.21 Å². The quantitative estimate of drug-likeness (QED) is 0.520. The molecule has 0 amide bonds. The van der Waals surface area contributed by atoms with Gasteiger partial charge in [0.15, 0.2) is 0 Å². The molecular formula is C22H23N. The van der Waals surface area contributed by atoms with Crippen molar-refractivity contribution in [1.29, 1.82) is 0 Å². The molecule has 0 aliphatic carbocycles. The molecule has 23 heavy (non-hydrogen) atoms. The molecular weight excluding hydrogens is 278 g/mol. The summed E-state index contributed by atoms with van der Waals surface area (Å²) in [5.74, 6) is 0. The summed E-state index contributed by atoms with van der Waals surface area (Å²) in [6.07, 6.45) is 3.09. The Morgan fingerprint density at radius 3 is 2.43 bits per heavy atom. The van der Waals surface area contributed by atoms with Gasteiger partial charge in [-0.15, -0.1) is 0 Å². The summed E-state index contributed by atoms with van der Waals surface area (Å²) in [5.41, 5.74) is 7.49. The molecule has 0 spiro atoms. The van der Waals surface area contributed by atoms with Crippen LogP contribution in [0.4, 0.5) is 5.69 Å². The molecule has 0 atom stereocenters. The minimum Gasteiger partial charge on any atom is -0.256 e. The van der Waals surface area contributed by atoms with E-state index in [1.807, 2.05) is 6.21 Å². The molecule has 0 aliphatic rings. The number of fused-ring (bicyclic) bond motifs is 1. The van der Waals surface area contributed by atoms with E-state index in [4.69, 9.17) is 4.99 Å². The zero-order valence-electron chi connectivity index (χ0n) is 14.4. The lowest BCUT2D eigenvalue weighted by Crippen LogP contribution is -1.91. The van der Waals surface area contributed by atoms with E-state index >= 15 is 0 Å². The van der Waals surface area contributed by atoms with Gasteiger partial charge >= 0.3 is 0 Å². The second-order valence-electron chi connectivity index (χ2n) is 6.19. The Balaban J connectivity index is 2.07. The third-order valence-electron chi connectivity index (χ3n) is 4.56. The predicted molar refractivity (Wildman–Crippen MR) is 101 cm³/mol. The molecule has 3 aromatic rings. The number of benzene rings is 3. The fourth-order valence-corrected chi connectivity index (χ4v) is 3.09. The van der Waals surface area contributed by atoms with Crippen LogP contribution in [-0.2, 0) is 6.42 Å². The zero-order valence-corrected chi connectivity index (χ0v) is 14.4. The minimum atomic E-state index is 1.06. The number of nitrogens with zero attached hydrogens (tertiary/aromatic N) is 1. The van der Waals surface area contributed by atoms with E-state index in [0.717, 1.165) is 12.1 Å². The summed E-state index contributed by atoms with van der Waals surface area (Å²) in [4.78, 5) is 4.80. The summed E-state index contributed by atoms with van der Waals surface area (Å²) in [6.45, 7) is 8.65. The van der Waals surface area contributed by atoms with Gasteiger partial charge in [-0.2, -0.15) is 0 Å². The second kappa shape index (κ2) is 6.37. The standard InChI is InChI=1S/C22H23N/c1-5-18-12-17(4)22(13-16(18)3)23-14-21-15(2)10-11-19-8-6-7-9-20(19)21/h6-14H,5H2,1-4H3. The Labute approximate surface area is 138 Å². The first kappa shape index (κ1) is 15.5. The first-order valence-corrected chi connectivity index (χ1v) is 8.22. The molecule has 0 aliphatic heterocycles. The van der Waals surface area contributed by atoms with Gasteiger partial charge in [0.1, 0.15) is 0 Å². The van der Waals surface area contributed by atoms with Crippen LogP contribution in [0.5, 0.6) is 0 Å². The summed E-state index contributed by atoms with van der Waals surface area (Å²) in [5, 5.41) is 2.52. The van der Waals surface area contributed by atoms with E-state index in [9.17, 15) is 0 Å². The molecule has 3 rings (SSSR count). The SMILES string of the molecule is CCc1cc(C)c(N=Cc2c(C)ccc3ccccc23)cc1C. The van der Waals surface area contributed by atoms with Gasteiger partial charge in [0.05, 0.1) is 5.69 Å². The van der Waals surface area contributed by atoms with Crippen LogP contribution in [0.25, 0.3) is 10.8 Å². The van der Waals surface area contributed by atoms with Crippen LogP contribution in [0, 0.1) is 20.8 Å². The third kappa shape index (κ3) is 3.05. The summed E-state index contributed by atoms with van der Waals surface area (Å²) >= 11 is 0. The van der Waals surface area contributed by atoms with E-state index in [1.165, 1.54) is 38.6 Å². The van der Waals surface area contributed by atoms with Crippen molar-refractivity contribution in [2.75, 3.05) is 0 Å². The number of hydrogen-bond acceptors (Lipinski definition) is 1. The van der Waals surface area contributed by atoms with Crippen molar-refractivity contribution in [2.45, 2.75) is 34.1 Å². The summed E-state index contributed by atoms with van der Waals surface area (Å²) in [6, 6.07) is 17.3. The maximum Gasteiger partial charge on any atom is 0.0661 e. The fraction of sp³-hybridized carbons (Fsp3) is 0.227. The van der Waals surface area contributed by atoms with Crippen molar-refractivity contribution in [3.63, 3.8) is 0 Å². The van der Waals surface area contributed by atoms with Crippen molar-refractivity contribution in [3.8, 4) is 0 Å². The molecule has 0 saturated heterocycles. The van der Waals surface area contributed by atoms with Crippen LogP contribution in [0.3, 0.4) is 0 Å². The molecule has 1 heteroatoms. The molecule has 116 valence electrons. The molecule has 0 bridgehead atoms. The van der Waals surface area contributed by atoms with Gasteiger partial charge in [-0.1, -0.05) is 49.4 Å². The Bertz CT molecular complexity index is 888. The van der Waals surface area contributed by atoms with Gasteiger partial charge < -0.3 is 0 Å². The van der Waals surface area contributed by atoms with Crippen molar-refractivity contribution in [3.05, 3.63) is 76.3 Å².